The Morgan fingerprint density at radius 2 is 1.52 bits per heavy atom. The maximum Gasteiger partial charge on any atom is 0.313 e. The topological polar surface area (TPSA) is 69.7 Å². The van der Waals surface area contributed by atoms with Gasteiger partial charge in [0.25, 0.3) is 0 Å². The Balaban J connectivity index is 1.90. The van der Waals surface area contributed by atoms with Gasteiger partial charge in [0.15, 0.2) is 0 Å². The second-order valence-electron chi connectivity index (χ2n) is 4.76. The van der Waals surface area contributed by atoms with Crippen LogP contribution in [0.2, 0.25) is 0 Å². The fourth-order valence-corrected chi connectivity index (χ4v) is 2.09. The van der Waals surface area contributed by atoms with Gasteiger partial charge in [0.1, 0.15) is 5.82 Å². The van der Waals surface area contributed by atoms with Crippen LogP contribution in [0.5, 0.6) is 0 Å². The van der Waals surface area contributed by atoms with Crippen molar-refractivity contribution in [2.45, 2.75) is 6.92 Å². The summed E-state index contributed by atoms with van der Waals surface area (Å²) in [6.45, 7) is 2.97. The van der Waals surface area contributed by atoms with Crippen molar-refractivity contribution in [2.24, 2.45) is 0 Å². The number of nitrogens with one attached hydrogen (secondary N) is 1. The average molecular weight is 293 g/mol. The van der Waals surface area contributed by atoms with Gasteiger partial charge in [-0.3, -0.25) is 14.4 Å². The molecule has 0 atom stereocenters. The highest BCUT2D eigenvalue weighted by molar-refractivity contribution is 6.39. The molecular formula is C14H16FN3O3. The van der Waals surface area contributed by atoms with Crippen LogP contribution in [0, 0.1) is 5.82 Å². The summed E-state index contributed by atoms with van der Waals surface area (Å²) in [5.74, 6) is -1.88. The fourth-order valence-electron chi connectivity index (χ4n) is 2.09. The van der Waals surface area contributed by atoms with Gasteiger partial charge in [-0.05, 0) is 24.3 Å². The lowest BCUT2D eigenvalue weighted by Gasteiger charge is -2.33. The normalized spacial score (nSPS) is 14.8. The lowest BCUT2D eigenvalue weighted by atomic mass is 10.3. The molecule has 0 aliphatic carbocycles. The molecule has 0 bridgehead atoms. The van der Waals surface area contributed by atoms with E-state index < -0.39 is 17.6 Å². The first kappa shape index (κ1) is 15.0. The molecule has 1 aliphatic heterocycles. The standard InChI is InChI=1S/C14H16FN3O3/c1-10(19)17-6-8-18(9-7-17)14(21)13(20)16-12-4-2-11(15)3-5-12/h2-5H,6-9H2,1H3,(H,16,20). The number of nitrogens with zero attached hydrogens (tertiary/aromatic N) is 2. The summed E-state index contributed by atoms with van der Waals surface area (Å²) < 4.78 is 12.8. The third kappa shape index (κ3) is 3.77. The summed E-state index contributed by atoms with van der Waals surface area (Å²) in [4.78, 5) is 38.0. The molecule has 0 unspecified atom stereocenters. The van der Waals surface area contributed by atoms with Gasteiger partial charge in [-0.1, -0.05) is 0 Å². The van der Waals surface area contributed by atoms with E-state index >= 15 is 0 Å². The van der Waals surface area contributed by atoms with E-state index in [0.29, 0.717) is 31.9 Å². The first-order valence-corrected chi connectivity index (χ1v) is 6.58. The predicted molar refractivity (Wildman–Crippen MR) is 73.9 cm³/mol. The molecule has 1 aromatic carbocycles. The van der Waals surface area contributed by atoms with Gasteiger partial charge in [0.2, 0.25) is 5.91 Å². The van der Waals surface area contributed by atoms with Gasteiger partial charge in [0.05, 0.1) is 0 Å². The molecule has 21 heavy (non-hydrogen) atoms. The molecule has 112 valence electrons. The number of amides is 3. The predicted octanol–water partition coefficient (Wildman–Crippen LogP) is 0.455. The van der Waals surface area contributed by atoms with Crippen LogP contribution in [0.3, 0.4) is 0 Å². The van der Waals surface area contributed by atoms with Crippen LogP contribution in [0.1, 0.15) is 6.92 Å². The van der Waals surface area contributed by atoms with Crippen molar-refractivity contribution in [1.29, 1.82) is 0 Å². The number of benzene rings is 1. The molecule has 1 heterocycles. The lowest BCUT2D eigenvalue weighted by Crippen LogP contribution is -2.52. The summed E-state index contributed by atoms with van der Waals surface area (Å²) >= 11 is 0. The van der Waals surface area contributed by atoms with E-state index in [1.165, 1.54) is 36.1 Å². The largest absolute Gasteiger partial charge is 0.339 e. The van der Waals surface area contributed by atoms with Gasteiger partial charge < -0.3 is 15.1 Å². The van der Waals surface area contributed by atoms with E-state index in [2.05, 4.69) is 5.32 Å². The van der Waals surface area contributed by atoms with E-state index in [1.54, 1.807) is 4.90 Å². The van der Waals surface area contributed by atoms with Crippen molar-refractivity contribution in [1.82, 2.24) is 9.80 Å². The molecule has 0 saturated carbocycles. The van der Waals surface area contributed by atoms with Crippen molar-refractivity contribution in [3.8, 4) is 0 Å². The quantitative estimate of drug-likeness (QED) is 0.765. The number of hydrogen-bond donors (Lipinski definition) is 1. The van der Waals surface area contributed by atoms with Crippen LogP contribution in [-0.4, -0.2) is 53.7 Å². The monoisotopic (exact) mass is 293 g/mol. The second-order valence-corrected chi connectivity index (χ2v) is 4.76. The number of hydrogen-bond acceptors (Lipinski definition) is 3. The Hall–Kier alpha value is -2.44. The third-order valence-electron chi connectivity index (χ3n) is 3.31. The van der Waals surface area contributed by atoms with Gasteiger partial charge in [-0.25, -0.2) is 4.39 Å². The van der Waals surface area contributed by atoms with Gasteiger partial charge in [-0.2, -0.15) is 0 Å². The first-order chi connectivity index (χ1) is 9.97. The fraction of sp³-hybridized carbons (Fsp3) is 0.357. The third-order valence-corrected chi connectivity index (χ3v) is 3.31. The van der Waals surface area contributed by atoms with Gasteiger partial charge in [-0.15, -0.1) is 0 Å². The average Bonchev–Trinajstić information content (AvgIpc) is 2.49. The maximum atomic E-state index is 12.8. The highest BCUT2D eigenvalue weighted by Gasteiger charge is 2.26. The molecule has 0 radical (unpaired) electrons. The molecular weight excluding hydrogens is 277 g/mol. The van der Waals surface area contributed by atoms with Crippen LogP contribution in [-0.2, 0) is 14.4 Å². The molecule has 1 fully saturated rings. The van der Waals surface area contributed by atoms with Crippen LogP contribution in [0.4, 0.5) is 10.1 Å². The summed E-state index contributed by atoms with van der Waals surface area (Å²) in [5, 5.41) is 2.42. The zero-order valence-electron chi connectivity index (χ0n) is 11.6. The smallest absolute Gasteiger partial charge is 0.313 e. The number of piperazine rings is 1. The zero-order valence-corrected chi connectivity index (χ0v) is 11.6. The molecule has 7 heteroatoms. The van der Waals surface area contributed by atoms with E-state index in [1.807, 2.05) is 0 Å². The maximum absolute atomic E-state index is 12.8. The molecule has 1 saturated heterocycles. The van der Waals surface area contributed by atoms with Crippen LogP contribution in [0.15, 0.2) is 24.3 Å². The molecule has 1 N–H and O–H groups in total. The van der Waals surface area contributed by atoms with E-state index in [4.69, 9.17) is 0 Å². The van der Waals surface area contributed by atoms with Crippen LogP contribution in [0.25, 0.3) is 0 Å². The van der Waals surface area contributed by atoms with Gasteiger partial charge in [0, 0.05) is 38.8 Å². The SMILES string of the molecule is CC(=O)N1CCN(C(=O)C(=O)Nc2ccc(F)cc2)CC1. The Kier molecular flexibility index (Phi) is 4.52. The molecule has 6 nitrogen and oxygen atoms in total. The van der Waals surface area contributed by atoms with Gasteiger partial charge >= 0.3 is 11.8 Å². The van der Waals surface area contributed by atoms with E-state index in [9.17, 15) is 18.8 Å². The van der Waals surface area contributed by atoms with Crippen LogP contribution < -0.4 is 5.32 Å². The van der Waals surface area contributed by atoms with Crippen molar-refractivity contribution in [2.75, 3.05) is 31.5 Å². The Bertz CT molecular complexity index is 551. The van der Waals surface area contributed by atoms with Crippen molar-refractivity contribution in [3.05, 3.63) is 30.1 Å². The number of carbonyl (C=O) groups excluding carboxylic acids is 3. The van der Waals surface area contributed by atoms with Crippen LogP contribution >= 0.6 is 0 Å². The number of anilines is 1. The Morgan fingerprint density at radius 3 is 2.05 bits per heavy atom. The molecule has 1 aliphatic rings. The van der Waals surface area contributed by atoms with Crippen molar-refractivity contribution >= 4 is 23.4 Å². The second kappa shape index (κ2) is 6.34. The lowest BCUT2D eigenvalue weighted by molar-refractivity contribution is -0.145. The summed E-state index contributed by atoms with van der Waals surface area (Å²) in [6, 6.07) is 5.17. The molecule has 0 spiro atoms. The number of halogens is 1. The number of rotatable bonds is 1. The highest BCUT2D eigenvalue weighted by atomic mass is 19.1. The molecule has 0 aromatic heterocycles. The van der Waals surface area contributed by atoms with Crippen molar-refractivity contribution in [3.63, 3.8) is 0 Å². The molecule has 3 amide bonds. The minimum atomic E-state index is -0.766. The number of carbonyl (C=O) groups is 3. The summed E-state index contributed by atoms with van der Waals surface area (Å²) in [5.41, 5.74) is 0.358. The summed E-state index contributed by atoms with van der Waals surface area (Å²) in [7, 11) is 0. The minimum Gasteiger partial charge on any atom is -0.339 e. The minimum absolute atomic E-state index is 0.0436. The molecule has 2 rings (SSSR count). The zero-order chi connectivity index (χ0) is 15.4. The Labute approximate surface area is 121 Å². The summed E-state index contributed by atoms with van der Waals surface area (Å²) in [6.07, 6.45) is 0. The first-order valence-electron chi connectivity index (χ1n) is 6.58. The van der Waals surface area contributed by atoms with E-state index in [0.717, 1.165) is 0 Å². The highest BCUT2D eigenvalue weighted by Crippen LogP contribution is 2.09. The van der Waals surface area contributed by atoms with Crippen molar-refractivity contribution < 1.29 is 18.8 Å². The Morgan fingerprint density at radius 1 is 1.00 bits per heavy atom. The molecule has 1 aromatic rings. The van der Waals surface area contributed by atoms with E-state index in [-0.39, 0.29) is 5.91 Å².